The molecule has 1 aliphatic rings. The average molecular weight is 366 g/mol. The molecule has 1 amide bonds. The van der Waals surface area contributed by atoms with Crippen LogP contribution >= 0.6 is 0 Å². The standard InChI is InChI=1S/C23H31N3O/c1-18(20-8-4-3-5-9-20)11-15-26-16-12-21(13-17-26)23(25-19(2)27)22-10-6-7-14-24-22/h3-10,14,18,21,23H,11-13,15-17H2,1-2H3,(H,25,27)/t18-,23+/m1/s1. The molecule has 1 fully saturated rings. The van der Waals surface area contributed by atoms with E-state index >= 15 is 0 Å². The number of carbonyl (C=O) groups excluding carboxylic acids is 1. The summed E-state index contributed by atoms with van der Waals surface area (Å²) in [7, 11) is 0. The number of benzene rings is 1. The Labute approximate surface area is 163 Å². The van der Waals surface area contributed by atoms with Crippen LogP contribution in [0, 0.1) is 5.92 Å². The summed E-state index contributed by atoms with van der Waals surface area (Å²) in [6.07, 6.45) is 5.19. The molecule has 2 heterocycles. The molecule has 1 aromatic heterocycles. The van der Waals surface area contributed by atoms with Gasteiger partial charge >= 0.3 is 0 Å². The van der Waals surface area contributed by atoms with Gasteiger partial charge in [0.2, 0.25) is 5.91 Å². The minimum atomic E-state index is 0.0183. The summed E-state index contributed by atoms with van der Waals surface area (Å²) >= 11 is 0. The second-order valence-corrected chi connectivity index (χ2v) is 7.71. The summed E-state index contributed by atoms with van der Waals surface area (Å²) in [6.45, 7) is 7.23. The molecule has 1 aliphatic heterocycles. The van der Waals surface area contributed by atoms with Gasteiger partial charge in [-0.15, -0.1) is 0 Å². The molecule has 3 rings (SSSR count). The zero-order valence-corrected chi connectivity index (χ0v) is 16.5. The van der Waals surface area contributed by atoms with E-state index in [0.717, 1.165) is 38.2 Å². The number of likely N-dealkylation sites (tertiary alicyclic amines) is 1. The summed E-state index contributed by atoms with van der Waals surface area (Å²) < 4.78 is 0. The van der Waals surface area contributed by atoms with Gasteiger partial charge in [-0.3, -0.25) is 9.78 Å². The summed E-state index contributed by atoms with van der Waals surface area (Å²) in [4.78, 5) is 18.8. The monoisotopic (exact) mass is 365 g/mol. The van der Waals surface area contributed by atoms with Crippen molar-refractivity contribution in [2.45, 2.75) is 45.1 Å². The fourth-order valence-electron chi connectivity index (χ4n) is 4.05. The van der Waals surface area contributed by atoms with E-state index in [-0.39, 0.29) is 11.9 Å². The number of nitrogens with one attached hydrogen (secondary N) is 1. The lowest BCUT2D eigenvalue weighted by molar-refractivity contribution is -0.120. The first-order valence-electron chi connectivity index (χ1n) is 10.1. The SMILES string of the molecule is CC(=O)N[C@H](c1ccccn1)C1CCN(CC[C@@H](C)c2ccccc2)CC1. The fourth-order valence-corrected chi connectivity index (χ4v) is 4.05. The van der Waals surface area contributed by atoms with Crippen LogP contribution < -0.4 is 5.32 Å². The molecule has 4 nitrogen and oxygen atoms in total. The Morgan fingerprint density at radius 1 is 1.15 bits per heavy atom. The van der Waals surface area contributed by atoms with Gasteiger partial charge in [0.15, 0.2) is 0 Å². The van der Waals surface area contributed by atoms with Crippen molar-refractivity contribution in [1.29, 1.82) is 0 Å². The second kappa shape index (κ2) is 9.65. The summed E-state index contributed by atoms with van der Waals surface area (Å²) in [5.74, 6) is 1.06. The van der Waals surface area contributed by atoms with Crippen LogP contribution in [-0.4, -0.2) is 35.4 Å². The van der Waals surface area contributed by atoms with Crippen LogP contribution in [0.25, 0.3) is 0 Å². The molecule has 0 radical (unpaired) electrons. The van der Waals surface area contributed by atoms with Gasteiger partial charge in [0.05, 0.1) is 11.7 Å². The van der Waals surface area contributed by atoms with Crippen molar-refractivity contribution < 1.29 is 4.79 Å². The topological polar surface area (TPSA) is 45.2 Å². The molecule has 1 saturated heterocycles. The molecule has 27 heavy (non-hydrogen) atoms. The zero-order valence-electron chi connectivity index (χ0n) is 16.5. The third kappa shape index (κ3) is 5.64. The number of hydrogen-bond acceptors (Lipinski definition) is 3. The van der Waals surface area contributed by atoms with E-state index < -0.39 is 0 Å². The van der Waals surface area contributed by atoms with Crippen LogP contribution in [0.15, 0.2) is 54.7 Å². The third-order valence-electron chi connectivity index (χ3n) is 5.72. The molecule has 2 aromatic rings. The molecule has 4 heteroatoms. The van der Waals surface area contributed by atoms with Crippen LogP contribution in [0.4, 0.5) is 0 Å². The van der Waals surface area contributed by atoms with Gasteiger partial charge in [-0.05, 0) is 68.4 Å². The lowest BCUT2D eigenvalue weighted by atomic mass is 9.87. The maximum atomic E-state index is 11.7. The average Bonchev–Trinajstić information content (AvgIpc) is 2.72. The van der Waals surface area contributed by atoms with Crippen molar-refractivity contribution in [3.63, 3.8) is 0 Å². The summed E-state index contributed by atoms with van der Waals surface area (Å²) in [5.41, 5.74) is 2.40. The van der Waals surface area contributed by atoms with E-state index in [2.05, 4.69) is 52.5 Å². The van der Waals surface area contributed by atoms with E-state index in [4.69, 9.17) is 0 Å². The van der Waals surface area contributed by atoms with Crippen molar-refractivity contribution in [3.05, 3.63) is 66.0 Å². The molecule has 2 atom stereocenters. The Morgan fingerprint density at radius 3 is 2.48 bits per heavy atom. The number of amides is 1. The molecule has 144 valence electrons. The molecule has 1 aromatic carbocycles. The number of carbonyl (C=O) groups is 1. The van der Waals surface area contributed by atoms with Crippen LogP contribution in [-0.2, 0) is 4.79 Å². The van der Waals surface area contributed by atoms with E-state index in [1.54, 1.807) is 6.92 Å². The van der Waals surface area contributed by atoms with Gasteiger partial charge in [-0.1, -0.05) is 43.3 Å². The Hall–Kier alpha value is -2.20. The van der Waals surface area contributed by atoms with Crippen LogP contribution in [0.5, 0.6) is 0 Å². The maximum Gasteiger partial charge on any atom is 0.217 e. The highest BCUT2D eigenvalue weighted by molar-refractivity contribution is 5.73. The maximum absolute atomic E-state index is 11.7. The molecule has 0 aliphatic carbocycles. The van der Waals surface area contributed by atoms with Crippen LogP contribution in [0.1, 0.15) is 56.3 Å². The van der Waals surface area contributed by atoms with E-state index in [1.165, 1.54) is 12.0 Å². The third-order valence-corrected chi connectivity index (χ3v) is 5.72. The second-order valence-electron chi connectivity index (χ2n) is 7.71. The lowest BCUT2D eigenvalue weighted by Gasteiger charge is -2.36. The largest absolute Gasteiger partial charge is 0.348 e. The lowest BCUT2D eigenvalue weighted by Crippen LogP contribution is -2.41. The number of nitrogens with zero attached hydrogens (tertiary/aromatic N) is 2. The van der Waals surface area contributed by atoms with Crippen molar-refractivity contribution in [3.8, 4) is 0 Å². The highest BCUT2D eigenvalue weighted by Crippen LogP contribution is 2.30. The first-order chi connectivity index (χ1) is 13.1. The van der Waals surface area contributed by atoms with Gasteiger partial charge in [0.1, 0.15) is 0 Å². The molecule has 0 unspecified atom stereocenters. The van der Waals surface area contributed by atoms with Crippen LogP contribution in [0.3, 0.4) is 0 Å². The van der Waals surface area contributed by atoms with Crippen molar-refractivity contribution >= 4 is 5.91 Å². The summed E-state index contributed by atoms with van der Waals surface area (Å²) in [5, 5.41) is 3.13. The van der Waals surface area contributed by atoms with Crippen molar-refractivity contribution in [1.82, 2.24) is 15.2 Å². The molecule has 0 spiro atoms. The normalized spacial score (nSPS) is 18.0. The number of piperidine rings is 1. The van der Waals surface area contributed by atoms with Crippen molar-refractivity contribution in [2.75, 3.05) is 19.6 Å². The Morgan fingerprint density at radius 2 is 1.85 bits per heavy atom. The number of pyridine rings is 1. The number of hydrogen-bond donors (Lipinski definition) is 1. The first kappa shape index (κ1) is 19.6. The van der Waals surface area contributed by atoms with E-state index in [1.807, 2.05) is 24.4 Å². The quantitative estimate of drug-likeness (QED) is 0.801. The minimum Gasteiger partial charge on any atom is -0.348 e. The first-order valence-corrected chi connectivity index (χ1v) is 10.1. The Balaban J connectivity index is 1.52. The molecular weight excluding hydrogens is 334 g/mol. The number of aromatic nitrogens is 1. The highest BCUT2D eigenvalue weighted by atomic mass is 16.1. The summed E-state index contributed by atoms with van der Waals surface area (Å²) in [6, 6.07) is 16.7. The molecule has 1 N–H and O–H groups in total. The van der Waals surface area contributed by atoms with E-state index in [9.17, 15) is 4.79 Å². The predicted octanol–water partition coefficient (Wildman–Crippen LogP) is 4.16. The zero-order chi connectivity index (χ0) is 19.1. The number of rotatable bonds is 7. The van der Waals surface area contributed by atoms with Gasteiger partial charge in [0.25, 0.3) is 0 Å². The Kier molecular flexibility index (Phi) is 6.99. The molecular formula is C23H31N3O. The molecule has 0 bridgehead atoms. The van der Waals surface area contributed by atoms with Gasteiger partial charge in [-0.25, -0.2) is 0 Å². The molecule has 0 saturated carbocycles. The van der Waals surface area contributed by atoms with E-state index in [0.29, 0.717) is 11.8 Å². The highest BCUT2D eigenvalue weighted by Gasteiger charge is 2.29. The van der Waals surface area contributed by atoms with Crippen molar-refractivity contribution in [2.24, 2.45) is 5.92 Å². The van der Waals surface area contributed by atoms with Gasteiger partial charge in [0, 0.05) is 13.1 Å². The predicted molar refractivity (Wildman–Crippen MR) is 109 cm³/mol. The van der Waals surface area contributed by atoms with Crippen LogP contribution in [0.2, 0.25) is 0 Å². The van der Waals surface area contributed by atoms with Gasteiger partial charge < -0.3 is 10.2 Å². The minimum absolute atomic E-state index is 0.0183. The van der Waals surface area contributed by atoms with Gasteiger partial charge in [-0.2, -0.15) is 0 Å². The Bertz CT molecular complexity index is 696. The fraction of sp³-hybridized carbons (Fsp3) is 0.478. The smallest absolute Gasteiger partial charge is 0.217 e.